The molecule has 2 aromatic rings. The van der Waals surface area contributed by atoms with Crippen molar-refractivity contribution < 1.29 is 14.7 Å². The van der Waals surface area contributed by atoms with Crippen molar-refractivity contribution in [3.63, 3.8) is 0 Å². The van der Waals surface area contributed by atoms with Crippen LogP contribution < -0.4 is 5.32 Å². The molecular weight excluding hydrogens is 268 g/mol. The Morgan fingerprint density at radius 3 is 2.81 bits per heavy atom. The number of H-pyrrole nitrogens is 1. The van der Waals surface area contributed by atoms with Crippen LogP contribution in [0.15, 0.2) is 24.4 Å². The molecule has 5 nitrogen and oxygen atoms in total. The van der Waals surface area contributed by atoms with Gasteiger partial charge in [0.2, 0.25) is 5.91 Å². The van der Waals surface area contributed by atoms with Gasteiger partial charge in [-0.1, -0.05) is 18.2 Å². The van der Waals surface area contributed by atoms with Gasteiger partial charge >= 0.3 is 5.97 Å². The summed E-state index contributed by atoms with van der Waals surface area (Å²) in [6.45, 7) is 2.50. The lowest BCUT2D eigenvalue weighted by molar-refractivity contribution is -0.149. The monoisotopic (exact) mass is 286 g/mol. The van der Waals surface area contributed by atoms with E-state index in [9.17, 15) is 9.59 Å². The summed E-state index contributed by atoms with van der Waals surface area (Å²) in [4.78, 5) is 26.2. The van der Waals surface area contributed by atoms with Crippen LogP contribution in [-0.2, 0) is 16.0 Å². The number of carboxylic acids is 1. The van der Waals surface area contributed by atoms with E-state index in [1.54, 1.807) is 0 Å². The number of amides is 1. The average molecular weight is 286 g/mol. The molecule has 3 rings (SSSR count). The summed E-state index contributed by atoms with van der Waals surface area (Å²) in [6.07, 6.45) is 3.53. The lowest BCUT2D eigenvalue weighted by atomic mass is 10.1. The maximum atomic E-state index is 11.9. The molecule has 1 aliphatic rings. The molecule has 3 N–H and O–H groups in total. The zero-order valence-corrected chi connectivity index (χ0v) is 11.9. The molecule has 1 heterocycles. The number of aromatic amines is 1. The minimum atomic E-state index is -1.16. The Labute approximate surface area is 122 Å². The number of carbonyl (C=O) groups is 2. The Morgan fingerprint density at radius 1 is 1.38 bits per heavy atom. The number of nitrogens with one attached hydrogen (secondary N) is 2. The number of rotatable bonds is 5. The first-order valence-corrected chi connectivity index (χ1v) is 7.12. The van der Waals surface area contributed by atoms with Gasteiger partial charge in [-0.2, -0.15) is 0 Å². The van der Waals surface area contributed by atoms with Gasteiger partial charge in [0.1, 0.15) is 5.41 Å². The molecule has 1 aromatic carbocycles. The Kier molecular flexibility index (Phi) is 3.20. The molecule has 1 saturated carbocycles. The van der Waals surface area contributed by atoms with Gasteiger partial charge in [-0.15, -0.1) is 0 Å². The predicted molar refractivity (Wildman–Crippen MR) is 79.1 cm³/mol. The van der Waals surface area contributed by atoms with Crippen LogP contribution in [0.4, 0.5) is 0 Å². The molecule has 0 unspecified atom stereocenters. The van der Waals surface area contributed by atoms with Gasteiger partial charge in [0, 0.05) is 23.6 Å². The van der Waals surface area contributed by atoms with Gasteiger partial charge in [0.25, 0.3) is 0 Å². The van der Waals surface area contributed by atoms with Gasteiger partial charge in [-0.05, 0) is 37.3 Å². The summed E-state index contributed by atoms with van der Waals surface area (Å²) in [7, 11) is 0. The number of aromatic nitrogens is 1. The molecule has 0 saturated heterocycles. The fraction of sp³-hybridized carbons (Fsp3) is 0.375. The van der Waals surface area contributed by atoms with E-state index in [2.05, 4.69) is 16.4 Å². The topological polar surface area (TPSA) is 82.2 Å². The van der Waals surface area contributed by atoms with E-state index in [1.165, 1.54) is 5.56 Å². The molecule has 0 radical (unpaired) electrons. The van der Waals surface area contributed by atoms with Crippen molar-refractivity contribution in [1.82, 2.24) is 10.3 Å². The van der Waals surface area contributed by atoms with E-state index in [-0.39, 0.29) is 5.91 Å². The molecule has 0 atom stereocenters. The second-order valence-electron chi connectivity index (χ2n) is 5.70. The van der Waals surface area contributed by atoms with Crippen molar-refractivity contribution in [2.24, 2.45) is 5.41 Å². The van der Waals surface area contributed by atoms with Crippen LogP contribution in [-0.4, -0.2) is 28.5 Å². The minimum absolute atomic E-state index is 0.356. The molecule has 1 fully saturated rings. The van der Waals surface area contributed by atoms with E-state index in [0.29, 0.717) is 25.8 Å². The van der Waals surface area contributed by atoms with Crippen LogP contribution in [0.2, 0.25) is 0 Å². The number of hydrogen-bond acceptors (Lipinski definition) is 2. The van der Waals surface area contributed by atoms with E-state index in [4.69, 9.17) is 5.11 Å². The highest BCUT2D eigenvalue weighted by Crippen LogP contribution is 2.46. The van der Waals surface area contributed by atoms with Gasteiger partial charge in [-0.25, -0.2) is 0 Å². The summed E-state index contributed by atoms with van der Waals surface area (Å²) in [5.74, 6) is -1.37. The van der Waals surface area contributed by atoms with Gasteiger partial charge in [0.15, 0.2) is 0 Å². The lowest BCUT2D eigenvalue weighted by Gasteiger charge is -2.10. The Bertz CT molecular complexity index is 713. The first-order valence-electron chi connectivity index (χ1n) is 7.12. The Balaban J connectivity index is 1.64. The zero-order valence-electron chi connectivity index (χ0n) is 11.9. The van der Waals surface area contributed by atoms with Crippen LogP contribution in [0.25, 0.3) is 10.9 Å². The van der Waals surface area contributed by atoms with E-state index < -0.39 is 11.4 Å². The quantitative estimate of drug-likeness (QED) is 0.735. The molecular formula is C16H18N2O3. The molecule has 5 heteroatoms. The van der Waals surface area contributed by atoms with Crippen LogP contribution >= 0.6 is 0 Å². The highest BCUT2D eigenvalue weighted by Gasteiger charge is 2.56. The van der Waals surface area contributed by atoms with Crippen LogP contribution in [0.1, 0.15) is 24.0 Å². The molecule has 0 aliphatic heterocycles. The summed E-state index contributed by atoms with van der Waals surface area (Å²) in [6, 6.07) is 6.11. The van der Waals surface area contributed by atoms with Crippen molar-refractivity contribution in [3.05, 3.63) is 35.5 Å². The Morgan fingerprint density at radius 2 is 2.14 bits per heavy atom. The fourth-order valence-corrected chi connectivity index (χ4v) is 2.71. The number of benzene rings is 1. The first kappa shape index (κ1) is 13.7. The molecule has 21 heavy (non-hydrogen) atoms. The molecule has 110 valence electrons. The number of aryl methyl sites for hydroxylation is 1. The molecule has 1 aromatic heterocycles. The fourth-order valence-electron chi connectivity index (χ4n) is 2.71. The maximum absolute atomic E-state index is 11.9. The molecule has 0 bridgehead atoms. The summed E-state index contributed by atoms with van der Waals surface area (Å²) in [5.41, 5.74) is 2.28. The van der Waals surface area contributed by atoms with Crippen LogP contribution in [0.3, 0.4) is 0 Å². The number of para-hydroxylation sites is 1. The molecule has 0 spiro atoms. The SMILES string of the molecule is Cc1cccc2c(CCNC(=O)C3(C(=O)O)CC3)c[nH]c12. The number of carboxylic acid groups (broad SMARTS) is 1. The van der Waals surface area contributed by atoms with E-state index in [0.717, 1.165) is 16.5 Å². The minimum Gasteiger partial charge on any atom is -0.480 e. The third kappa shape index (κ3) is 2.28. The number of fused-ring (bicyclic) bond motifs is 1. The maximum Gasteiger partial charge on any atom is 0.319 e. The van der Waals surface area contributed by atoms with Crippen molar-refractivity contribution >= 4 is 22.8 Å². The van der Waals surface area contributed by atoms with Crippen LogP contribution in [0, 0.1) is 12.3 Å². The highest BCUT2D eigenvalue weighted by molar-refractivity contribution is 6.04. The lowest BCUT2D eigenvalue weighted by Crippen LogP contribution is -2.37. The van der Waals surface area contributed by atoms with Crippen molar-refractivity contribution in [3.8, 4) is 0 Å². The number of carbonyl (C=O) groups excluding carboxylic acids is 1. The average Bonchev–Trinajstić information content (AvgIpc) is 3.17. The van der Waals surface area contributed by atoms with Gasteiger partial charge in [-0.3, -0.25) is 9.59 Å². The summed E-state index contributed by atoms with van der Waals surface area (Å²) >= 11 is 0. The zero-order chi connectivity index (χ0) is 15.0. The van der Waals surface area contributed by atoms with Crippen molar-refractivity contribution in [2.45, 2.75) is 26.2 Å². The Hall–Kier alpha value is -2.30. The normalized spacial score (nSPS) is 15.9. The van der Waals surface area contributed by atoms with Crippen LogP contribution in [0.5, 0.6) is 0 Å². The van der Waals surface area contributed by atoms with Gasteiger partial charge < -0.3 is 15.4 Å². The molecule has 1 aliphatic carbocycles. The highest BCUT2D eigenvalue weighted by atomic mass is 16.4. The second-order valence-corrected chi connectivity index (χ2v) is 5.70. The number of hydrogen-bond donors (Lipinski definition) is 3. The van der Waals surface area contributed by atoms with E-state index in [1.807, 2.05) is 25.3 Å². The summed E-state index contributed by atoms with van der Waals surface area (Å²) in [5, 5.41) is 13.0. The second kappa shape index (κ2) is 4.91. The molecule has 1 amide bonds. The smallest absolute Gasteiger partial charge is 0.319 e. The third-order valence-corrected chi connectivity index (χ3v) is 4.28. The third-order valence-electron chi connectivity index (χ3n) is 4.28. The number of aliphatic carboxylic acids is 1. The van der Waals surface area contributed by atoms with E-state index >= 15 is 0 Å². The largest absolute Gasteiger partial charge is 0.480 e. The summed E-state index contributed by atoms with van der Waals surface area (Å²) < 4.78 is 0. The van der Waals surface area contributed by atoms with Crippen molar-refractivity contribution in [2.75, 3.05) is 6.54 Å². The predicted octanol–water partition coefficient (Wildman–Crippen LogP) is 2.00. The van der Waals surface area contributed by atoms with Gasteiger partial charge in [0.05, 0.1) is 0 Å². The standard InChI is InChI=1S/C16H18N2O3/c1-10-3-2-4-12-11(9-18-13(10)12)5-8-17-14(19)16(6-7-16)15(20)21/h2-4,9,18H,5-8H2,1H3,(H,17,19)(H,20,21). The first-order chi connectivity index (χ1) is 10.0. The van der Waals surface area contributed by atoms with Crippen molar-refractivity contribution in [1.29, 1.82) is 0 Å².